The van der Waals surface area contributed by atoms with Crippen molar-refractivity contribution in [1.29, 1.82) is 0 Å². The molecule has 2 aromatic rings. The number of hydrogen-bond acceptors (Lipinski definition) is 6. The van der Waals surface area contributed by atoms with E-state index in [2.05, 4.69) is 20.9 Å². The smallest absolute Gasteiger partial charge is 0.255 e. The Hall–Kier alpha value is -2.49. The quantitative estimate of drug-likeness (QED) is 0.458. The fourth-order valence-corrected chi connectivity index (χ4v) is 4.43. The van der Waals surface area contributed by atoms with E-state index in [0.717, 1.165) is 36.8 Å². The molecule has 1 saturated carbocycles. The van der Waals surface area contributed by atoms with Gasteiger partial charge < -0.3 is 26.2 Å². The molecule has 1 aromatic carbocycles. The number of pyridine rings is 1. The second-order valence-electron chi connectivity index (χ2n) is 7.56. The Morgan fingerprint density at radius 1 is 1.28 bits per heavy atom. The number of hydrogen-bond donors (Lipinski definition) is 5. The van der Waals surface area contributed by atoms with Gasteiger partial charge in [0.05, 0.1) is 11.3 Å². The molecule has 1 unspecified atom stereocenters. The Morgan fingerprint density at radius 2 is 2.10 bits per heavy atom. The Bertz CT molecular complexity index is 952. The van der Waals surface area contributed by atoms with Crippen molar-refractivity contribution in [3.8, 4) is 0 Å². The first-order valence-corrected chi connectivity index (χ1v) is 11.0. The molecule has 0 saturated heterocycles. The zero-order chi connectivity index (χ0) is 20.4. The lowest BCUT2D eigenvalue weighted by atomic mass is 9.91. The van der Waals surface area contributed by atoms with E-state index in [1.165, 1.54) is 0 Å². The SMILES string of the molecule is N[C@H]1CCCC[C@H]1Nc1cc2c(c(Nc3cccc(CS(=O)O)c3)n1)C(=O)NC2. The molecular formula is C20H25N5O3S. The Labute approximate surface area is 172 Å². The fraction of sp³-hybridized carbons (Fsp3) is 0.400. The molecule has 1 aliphatic heterocycles. The number of nitrogens with zero attached hydrogens (tertiary/aromatic N) is 1. The van der Waals surface area contributed by atoms with Gasteiger partial charge in [-0.1, -0.05) is 25.0 Å². The van der Waals surface area contributed by atoms with E-state index in [0.29, 0.717) is 29.4 Å². The second-order valence-corrected chi connectivity index (χ2v) is 8.49. The number of anilines is 3. The van der Waals surface area contributed by atoms with E-state index in [4.69, 9.17) is 10.3 Å². The van der Waals surface area contributed by atoms with Gasteiger partial charge in [0, 0.05) is 24.3 Å². The monoisotopic (exact) mass is 415 g/mol. The van der Waals surface area contributed by atoms with Gasteiger partial charge in [0.15, 0.2) is 11.1 Å². The van der Waals surface area contributed by atoms with Crippen LogP contribution in [0, 0.1) is 0 Å². The molecule has 1 amide bonds. The van der Waals surface area contributed by atoms with Crippen molar-refractivity contribution in [3.05, 3.63) is 47.0 Å². The summed E-state index contributed by atoms with van der Waals surface area (Å²) in [5.41, 5.74) is 9.10. The predicted molar refractivity (Wildman–Crippen MR) is 113 cm³/mol. The van der Waals surface area contributed by atoms with Crippen molar-refractivity contribution in [2.24, 2.45) is 5.73 Å². The first-order valence-electron chi connectivity index (χ1n) is 9.77. The fourth-order valence-electron chi connectivity index (χ4n) is 3.97. The lowest BCUT2D eigenvalue weighted by molar-refractivity contribution is 0.0966. The maximum Gasteiger partial charge on any atom is 0.255 e. The van der Waals surface area contributed by atoms with Crippen LogP contribution in [0.1, 0.15) is 47.2 Å². The first-order chi connectivity index (χ1) is 14.0. The number of nitrogens with two attached hydrogens (primary N) is 1. The van der Waals surface area contributed by atoms with Gasteiger partial charge in [-0.25, -0.2) is 9.19 Å². The van der Waals surface area contributed by atoms with Crippen LogP contribution < -0.4 is 21.7 Å². The molecule has 154 valence electrons. The molecule has 0 spiro atoms. The van der Waals surface area contributed by atoms with Crippen LogP contribution >= 0.6 is 0 Å². The zero-order valence-corrected chi connectivity index (χ0v) is 16.8. The molecule has 3 atom stereocenters. The minimum absolute atomic E-state index is 0.0444. The molecule has 0 bridgehead atoms. The molecule has 2 aliphatic rings. The van der Waals surface area contributed by atoms with Gasteiger partial charge in [-0.3, -0.25) is 4.79 Å². The lowest BCUT2D eigenvalue weighted by Crippen LogP contribution is -2.42. The highest BCUT2D eigenvalue weighted by Crippen LogP contribution is 2.30. The summed E-state index contributed by atoms with van der Waals surface area (Å²) in [4.78, 5) is 17.0. The van der Waals surface area contributed by atoms with Crippen molar-refractivity contribution in [1.82, 2.24) is 10.3 Å². The van der Waals surface area contributed by atoms with Crippen LogP contribution in [0.25, 0.3) is 0 Å². The van der Waals surface area contributed by atoms with Gasteiger partial charge in [0.2, 0.25) is 0 Å². The second kappa shape index (κ2) is 8.48. The number of nitrogens with one attached hydrogen (secondary N) is 3. The summed E-state index contributed by atoms with van der Waals surface area (Å²) in [6.45, 7) is 0.459. The van der Waals surface area contributed by atoms with Crippen LogP contribution in [0.3, 0.4) is 0 Å². The molecule has 0 radical (unpaired) electrons. The van der Waals surface area contributed by atoms with Crippen LogP contribution in [0.5, 0.6) is 0 Å². The standard InChI is InChI=1S/C20H25N5O3S/c21-15-6-1-2-7-16(15)24-17-9-13-10-22-20(26)18(13)19(25-17)23-14-5-3-4-12(8-14)11-29(27)28/h3-5,8-9,15-16H,1-2,6-7,10-11,21H2,(H,22,26)(H,27,28)(H2,23,24,25)/t15-,16+/m0/s1. The first kappa shape index (κ1) is 19.8. The van der Waals surface area contributed by atoms with Crippen molar-refractivity contribution in [2.75, 3.05) is 10.6 Å². The van der Waals surface area contributed by atoms with Crippen molar-refractivity contribution in [2.45, 2.75) is 50.1 Å². The number of carbonyl (C=O) groups excluding carboxylic acids is 1. The highest BCUT2D eigenvalue weighted by molar-refractivity contribution is 7.78. The van der Waals surface area contributed by atoms with Crippen molar-refractivity contribution in [3.63, 3.8) is 0 Å². The van der Waals surface area contributed by atoms with E-state index < -0.39 is 11.1 Å². The van der Waals surface area contributed by atoms with E-state index >= 15 is 0 Å². The zero-order valence-electron chi connectivity index (χ0n) is 16.0. The molecule has 1 aromatic heterocycles. The van der Waals surface area contributed by atoms with Crippen molar-refractivity contribution < 1.29 is 13.6 Å². The molecule has 4 rings (SSSR count). The number of amides is 1. The summed E-state index contributed by atoms with van der Waals surface area (Å²) in [5, 5.41) is 9.51. The summed E-state index contributed by atoms with van der Waals surface area (Å²) in [7, 11) is 0. The van der Waals surface area contributed by atoms with E-state index in [9.17, 15) is 9.00 Å². The third-order valence-electron chi connectivity index (χ3n) is 5.40. The summed E-state index contributed by atoms with van der Waals surface area (Å²) in [6.07, 6.45) is 4.28. The van der Waals surface area contributed by atoms with Gasteiger partial charge in [0.25, 0.3) is 5.91 Å². The van der Waals surface area contributed by atoms with Gasteiger partial charge in [-0.05, 0) is 42.2 Å². The van der Waals surface area contributed by atoms with Crippen LogP contribution in [-0.2, 0) is 23.4 Å². The number of rotatable bonds is 6. The summed E-state index contributed by atoms with van der Waals surface area (Å²) in [6, 6.07) is 9.36. The number of aromatic nitrogens is 1. The van der Waals surface area contributed by atoms with Crippen LogP contribution in [0.15, 0.2) is 30.3 Å². The van der Waals surface area contributed by atoms with Crippen LogP contribution in [0.2, 0.25) is 0 Å². The molecule has 1 aliphatic carbocycles. The molecule has 6 N–H and O–H groups in total. The van der Waals surface area contributed by atoms with Gasteiger partial charge >= 0.3 is 0 Å². The normalized spacial score (nSPS) is 21.9. The Morgan fingerprint density at radius 3 is 2.90 bits per heavy atom. The van der Waals surface area contributed by atoms with Gasteiger partial charge in [-0.15, -0.1) is 0 Å². The van der Waals surface area contributed by atoms with E-state index in [-0.39, 0.29) is 23.7 Å². The molecule has 29 heavy (non-hydrogen) atoms. The summed E-state index contributed by atoms with van der Waals surface area (Å²) < 4.78 is 20.2. The minimum Gasteiger partial charge on any atom is -0.366 e. The van der Waals surface area contributed by atoms with E-state index in [1.54, 1.807) is 18.2 Å². The summed E-state index contributed by atoms with van der Waals surface area (Å²) >= 11 is -1.92. The van der Waals surface area contributed by atoms with Gasteiger partial charge in [-0.2, -0.15) is 0 Å². The number of benzene rings is 1. The Balaban J connectivity index is 1.62. The topological polar surface area (TPSA) is 129 Å². The predicted octanol–water partition coefficient (Wildman–Crippen LogP) is 2.47. The maximum absolute atomic E-state index is 12.3. The van der Waals surface area contributed by atoms with Crippen LogP contribution in [0.4, 0.5) is 17.3 Å². The largest absolute Gasteiger partial charge is 0.366 e. The number of carbonyl (C=O) groups is 1. The minimum atomic E-state index is -1.92. The molecule has 2 heterocycles. The average Bonchev–Trinajstić information content (AvgIpc) is 3.04. The Kier molecular flexibility index (Phi) is 5.79. The molecule has 9 heteroatoms. The third kappa shape index (κ3) is 4.58. The highest BCUT2D eigenvalue weighted by Gasteiger charge is 2.27. The van der Waals surface area contributed by atoms with Crippen LogP contribution in [-0.4, -0.2) is 31.7 Å². The molecule has 1 fully saturated rings. The third-order valence-corrected chi connectivity index (χ3v) is 5.98. The maximum atomic E-state index is 12.3. The average molecular weight is 416 g/mol. The van der Waals surface area contributed by atoms with Crippen molar-refractivity contribution >= 4 is 34.3 Å². The highest BCUT2D eigenvalue weighted by atomic mass is 32.2. The molecule has 8 nitrogen and oxygen atoms in total. The molecular weight excluding hydrogens is 390 g/mol. The summed E-state index contributed by atoms with van der Waals surface area (Å²) in [5.74, 6) is 1.04. The van der Waals surface area contributed by atoms with E-state index in [1.807, 2.05) is 12.1 Å². The number of fused-ring (bicyclic) bond motifs is 1. The van der Waals surface area contributed by atoms with Gasteiger partial charge in [0.1, 0.15) is 11.6 Å². The lowest BCUT2D eigenvalue weighted by Gasteiger charge is -2.30.